The molecule has 0 bridgehead atoms. The van der Waals surface area contributed by atoms with Gasteiger partial charge in [0.15, 0.2) is 6.54 Å². The maximum atomic E-state index is 12.5. The van der Waals surface area contributed by atoms with Crippen molar-refractivity contribution in [2.24, 2.45) is 0 Å². The van der Waals surface area contributed by atoms with Crippen LogP contribution in [0, 0.1) is 0 Å². The van der Waals surface area contributed by atoms with Crippen LogP contribution in [0.2, 0.25) is 0 Å². The molecule has 130 valence electrons. The molecule has 0 spiro atoms. The first-order valence-corrected chi connectivity index (χ1v) is 8.11. The fraction of sp³-hybridized carbons (Fsp3) is 0.316. The van der Waals surface area contributed by atoms with Gasteiger partial charge in [0, 0.05) is 16.9 Å². The fourth-order valence-electron chi connectivity index (χ4n) is 2.82. The standard InChI is InChI=1S/C19H25N3O.ClH/c1-3-22(4-2,14-16-9-6-5-7-10-16)15-19(23)21-18-12-8-11-17(20)13-18;/h5-13H,3-4,14-15,20H2,1-2H3;1H. The minimum atomic E-state index is 0. The van der Waals surface area contributed by atoms with Crippen molar-refractivity contribution in [1.29, 1.82) is 0 Å². The number of hydrogen-bond donors (Lipinski definition) is 2. The normalized spacial score (nSPS) is 10.8. The Morgan fingerprint density at radius 1 is 1.04 bits per heavy atom. The molecule has 0 saturated carbocycles. The number of amides is 1. The highest BCUT2D eigenvalue weighted by atomic mass is 35.5. The van der Waals surface area contributed by atoms with E-state index in [2.05, 4.69) is 31.3 Å². The highest BCUT2D eigenvalue weighted by molar-refractivity contribution is 5.92. The van der Waals surface area contributed by atoms with E-state index in [0.717, 1.165) is 29.8 Å². The number of carbonyl (C=O) groups excluding carboxylic acids is 1. The molecule has 0 atom stereocenters. The zero-order valence-corrected chi connectivity index (χ0v) is 15.1. The van der Waals surface area contributed by atoms with Crippen LogP contribution in [0.3, 0.4) is 0 Å². The van der Waals surface area contributed by atoms with E-state index in [9.17, 15) is 4.79 Å². The molecule has 2 aromatic rings. The summed E-state index contributed by atoms with van der Waals surface area (Å²) in [5.74, 6) is 0.0234. The topological polar surface area (TPSA) is 55.1 Å². The Labute approximate surface area is 150 Å². The second kappa shape index (κ2) is 9.30. The Morgan fingerprint density at radius 2 is 1.71 bits per heavy atom. The number of nitrogens with one attached hydrogen (secondary N) is 1. The summed E-state index contributed by atoms with van der Waals surface area (Å²) in [5.41, 5.74) is 8.42. The van der Waals surface area contributed by atoms with Gasteiger partial charge in [0.1, 0.15) is 6.54 Å². The molecule has 24 heavy (non-hydrogen) atoms. The Balaban J connectivity index is 0.00000288. The van der Waals surface area contributed by atoms with Crippen molar-refractivity contribution in [3.8, 4) is 0 Å². The number of anilines is 2. The largest absolute Gasteiger partial charge is 1.00 e. The first kappa shape index (κ1) is 20.0. The summed E-state index contributed by atoms with van der Waals surface area (Å²) in [5, 5.41) is 2.96. The van der Waals surface area contributed by atoms with Gasteiger partial charge in [0.2, 0.25) is 0 Å². The summed E-state index contributed by atoms with van der Waals surface area (Å²) >= 11 is 0. The lowest BCUT2D eigenvalue weighted by Crippen LogP contribution is -3.00. The number of hydrogen-bond acceptors (Lipinski definition) is 2. The third kappa shape index (κ3) is 5.55. The van der Waals surface area contributed by atoms with Crippen LogP contribution in [0.4, 0.5) is 11.4 Å². The summed E-state index contributed by atoms with van der Waals surface area (Å²) in [6.45, 7) is 7.42. The van der Waals surface area contributed by atoms with Gasteiger partial charge >= 0.3 is 0 Å². The van der Waals surface area contributed by atoms with Crippen LogP contribution in [0.5, 0.6) is 0 Å². The minimum Gasteiger partial charge on any atom is -1.00 e. The van der Waals surface area contributed by atoms with Crippen LogP contribution in [0.1, 0.15) is 19.4 Å². The highest BCUT2D eigenvalue weighted by Crippen LogP contribution is 2.16. The smallest absolute Gasteiger partial charge is 0.279 e. The van der Waals surface area contributed by atoms with Gasteiger partial charge in [-0.15, -0.1) is 0 Å². The lowest BCUT2D eigenvalue weighted by molar-refractivity contribution is -0.930. The lowest BCUT2D eigenvalue weighted by Gasteiger charge is -2.36. The molecule has 0 unspecified atom stereocenters. The summed E-state index contributed by atoms with van der Waals surface area (Å²) in [7, 11) is 0. The SMILES string of the molecule is CC[N+](CC)(CC(=O)Nc1cccc(N)c1)Cc1ccccc1.[Cl-]. The van der Waals surface area contributed by atoms with E-state index in [1.807, 2.05) is 36.4 Å². The summed E-state index contributed by atoms with van der Waals surface area (Å²) in [4.78, 5) is 12.5. The number of carbonyl (C=O) groups is 1. The van der Waals surface area contributed by atoms with Gasteiger partial charge in [-0.3, -0.25) is 4.79 Å². The fourth-order valence-corrected chi connectivity index (χ4v) is 2.82. The van der Waals surface area contributed by atoms with E-state index in [4.69, 9.17) is 5.73 Å². The van der Waals surface area contributed by atoms with E-state index in [1.165, 1.54) is 5.56 Å². The molecule has 2 aromatic carbocycles. The molecule has 1 amide bonds. The number of nitrogen functional groups attached to an aromatic ring is 1. The number of likely N-dealkylation sites (N-methyl/N-ethyl adjacent to an activating group) is 1. The minimum absolute atomic E-state index is 0. The predicted molar refractivity (Wildman–Crippen MR) is 95.8 cm³/mol. The molecule has 0 heterocycles. The molecule has 0 saturated heterocycles. The van der Waals surface area contributed by atoms with Gasteiger partial charge < -0.3 is 27.9 Å². The average Bonchev–Trinajstić information content (AvgIpc) is 2.55. The van der Waals surface area contributed by atoms with Gasteiger partial charge in [0.25, 0.3) is 5.91 Å². The van der Waals surface area contributed by atoms with Gasteiger partial charge in [-0.25, -0.2) is 0 Å². The Kier molecular flexibility index (Phi) is 7.75. The van der Waals surface area contributed by atoms with Crippen molar-refractivity contribution >= 4 is 17.3 Å². The van der Waals surface area contributed by atoms with Crippen LogP contribution in [0.25, 0.3) is 0 Å². The number of benzene rings is 2. The Hall–Kier alpha value is -2.04. The summed E-state index contributed by atoms with van der Waals surface area (Å²) in [6, 6.07) is 17.6. The molecule has 4 nitrogen and oxygen atoms in total. The monoisotopic (exact) mass is 347 g/mol. The van der Waals surface area contributed by atoms with E-state index in [0.29, 0.717) is 12.2 Å². The zero-order chi connectivity index (χ0) is 16.7. The van der Waals surface area contributed by atoms with Crippen molar-refractivity contribution in [1.82, 2.24) is 0 Å². The molecule has 0 aromatic heterocycles. The number of nitrogens with zero attached hydrogens (tertiary/aromatic N) is 1. The number of rotatable bonds is 7. The van der Waals surface area contributed by atoms with Gasteiger partial charge in [-0.2, -0.15) is 0 Å². The molecule has 2 rings (SSSR count). The van der Waals surface area contributed by atoms with E-state index >= 15 is 0 Å². The second-order valence-electron chi connectivity index (χ2n) is 5.95. The first-order valence-electron chi connectivity index (χ1n) is 8.11. The molecule has 0 radical (unpaired) electrons. The third-order valence-corrected chi connectivity index (χ3v) is 4.35. The van der Waals surface area contributed by atoms with Gasteiger partial charge in [-0.1, -0.05) is 36.4 Å². The van der Waals surface area contributed by atoms with Crippen molar-refractivity contribution in [2.45, 2.75) is 20.4 Å². The zero-order valence-electron chi connectivity index (χ0n) is 14.3. The van der Waals surface area contributed by atoms with E-state index in [1.54, 1.807) is 6.07 Å². The van der Waals surface area contributed by atoms with Crippen LogP contribution < -0.4 is 23.5 Å². The Morgan fingerprint density at radius 3 is 2.29 bits per heavy atom. The van der Waals surface area contributed by atoms with E-state index < -0.39 is 0 Å². The maximum Gasteiger partial charge on any atom is 0.279 e. The van der Waals surface area contributed by atoms with Crippen LogP contribution in [-0.4, -0.2) is 30.0 Å². The van der Waals surface area contributed by atoms with Gasteiger partial charge in [-0.05, 0) is 32.0 Å². The lowest BCUT2D eigenvalue weighted by atomic mass is 10.1. The van der Waals surface area contributed by atoms with Crippen molar-refractivity contribution in [3.63, 3.8) is 0 Å². The van der Waals surface area contributed by atoms with E-state index in [-0.39, 0.29) is 18.3 Å². The van der Waals surface area contributed by atoms with Crippen LogP contribution in [0.15, 0.2) is 54.6 Å². The Bertz CT molecular complexity index is 642. The highest BCUT2D eigenvalue weighted by Gasteiger charge is 2.27. The molecule has 3 N–H and O–H groups in total. The number of halogens is 1. The molecule has 0 fully saturated rings. The maximum absolute atomic E-state index is 12.5. The molecular formula is C19H26ClN3O. The van der Waals surface area contributed by atoms with Crippen LogP contribution >= 0.6 is 0 Å². The molecule has 5 heteroatoms. The van der Waals surface area contributed by atoms with Crippen molar-refractivity contribution < 1.29 is 21.7 Å². The quantitative estimate of drug-likeness (QED) is 0.558. The third-order valence-electron chi connectivity index (χ3n) is 4.35. The predicted octanol–water partition coefficient (Wildman–Crippen LogP) is 0.268. The summed E-state index contributed by atoms with van der Waals surface area (Å²) < 4.78 is 0.734. The number of quaternary nitrogens is 1. The second-order valence-corrected chi connectivity index (χ2v) is 5.95. The first-order chi connectivity index (χ1) is 11.1. The molecule has 0 aliphatic heterocycles. The molecular weight excluding hydrogens is 322 g/mol. The molecule has 0 aliphatic carbocycles. The average molecular weight is 348 g/mol. The molecule has 0 aliphatic rings. The number of nitrogens with two attached hydrogens (primary N) is 1. The van der Waals surface area contributed by atoms with Gasteiger partial charge in [0.05, 0.1) is 13.1 Å². The van der Waals surface area contributed by atoms with Crippen molar-refractivity contribution in [3.05, 3.63) is 60.2 Å². The van der Waals surface area contributed by atoms with Crippen LogP contribution in [-0.2, 0) is 11.3 Å². The van der Waals surface area contributed by atoms with Crippen molar-refractivity contribution in [2.75, 3.05) is 30.7 Å². The summed E-state index contributed by atoms with van der Waals surface area (Å²) in [6.07, 6.45) is 0.